The fourth-order valence-corrected chi connectivity index (χ4v) is 2.90. The van der Waals surface area contributed by atoms with Gasteiger partial charge in [0.05, 0.1) is 30.0 Å². The van der Waals surface area contributed by atoms with Crippen molar-refractivity contribution in [3.05, 3.63) is 60.4 Å². The molecule has 1 N–H and O–H groups in total. The maximum atomic E-state index is 13.3. The van der Waals surface area contributed by atoms with Crippen molar-refractivity contribution in [2.75, 3.05) is 13.2 Å². The lowest BCUT2D eigenvalue weighted by atomic mass is 9.95. The molecule has 3 heterocycles. The van der Waals surface area contributed by atoms with Gasteiger partial charge in [-0.2, -0.15) is 0 Å². The third-order valence-corrected chi connectivity index (χ3v) is 4.45. The molecule has 0 aliphatic carbocycles. The molecule has 0 bridgehead atoms. The van der Waals surface area contributed by atoms with E-state index in [1.54, 1.807) is 31.5 Å². The summed E-state index contributed by atoms with van der Waals surface area (Å²) in [6.07, 6.45) is 3.52. The second-order valence-electron chi connectivity index (χ2n) is 6.81. The Hall–Kier alpha value is -2.90. The van der Waals surface area contributed by atoms with Gasteiger partial charge in [-0.15, -0.1) is 0 Å². The van der Waals surface area contributed by atoms with E-state index in [1.807, 2.05) is 12.1 Å². The quantitative estimate of drug-likeness (QED) is 0.714. The lowest BCUT2D eigenvalue weighted by Gasteiger charge is -2.32. The van der Waals surface area contributed by atoms with E-state index in [0.717, 1.165) is 23.1 Å². The first-order valence-electron chi connectivity index (χ1n) is 8.54. The predicted octanol–water partition coefficient (Wildman–Crippen LogP) is 3.53. The van der Waals surface area contributed by atoms with Crippen LogP contribution in [0.1, 0.15) is 19.0 Å². The van der Waals surface area contributed by atoms with E-state index in [-0.39, 0.29) is 19.0 Å². The molecule has 1 aliphatic rings. The first-order chi connectivity index (χ1) is 13.1. The number of H-pyrrole nitrogens is 1. The summed E-state index contributed by atoms with van der Waals surface area (Å²) in [5, 5.41) is 0. The number of nitrogens with one attached hydrogen (secondary N) is 1. The van der Waals surface area contributed by atoms with Gasteiger partial charge in [0.2, 0.25) is 6.29 Å². The highest BCUT2D eigenvalue weighted by Gasteiger charge is 2.34. The van der Waals surface area contributed by atoms with Crippen LogP contribution in [0.15, 0.2) is 48.8 Å². The van der Waals surface area contributed by atoms with Crippen molar-refractivity contribution in [2.45, 2.75) is 13.2 Å². The Balaban J connectivity index is 1.72. The van der Waals surface area contributed by atoms with Crippen LogP contribution in [0.3, 0.4) is 0 Å². The molecule has 0 amide bonds. The van der Waals surface area contributed by atoms with Gasteiger partial charge < -0.3 is 19.3 Å². The lowest BCUT2D eigenvalue weighted by Crippen LogP contribution is -2.37. The van der Waals surface area contributed by atoms with E-state index < -0.39 is 11.7 Å². The smallest absolute Gasteiger partial charge is 0.217 e. The summed E-state index contributed by atoms with van der Waals surface area (Å²) in [6, 6.07) is 9.84. The molecule has 0 saturated carbocycles. The summed E-state index contributed by atoms with van der Waals surface area (Å²) >= 11 is 0. The van der Waals surface area contributed by atoms with E-state index in [9.17, 15) is 9.18 Å². The van der Waals surface area contributed by atoms with Crippen molar-refractivity contribution in [1.29, 1.82) is 0 Å². The molecule has 27 heavy (non-hydrogen) atoms. The third kappa shape index (κ3) is 3.51. The Morgan fingerprint density at radius 2 is 1.78 bits per heavy atom. The monoisotopic (exact) mass is 367 g/mol. The number of aromatic amines is 1. The number of imidazole rings is 1. The second-order valence-corrected chi connectivity index (χ2v) is 6.81. The first kappa shape index (κ1) is 17.5. The molecular formula is C20H18FN3O3. The number of hydrogen-bond donors (Lipinski definition) is 1. The topological polar surface area (TPSA) is 77.1 Å². The minimum Gasteiger partial charge on any atom is -0.345 e. The zero-order chi connectivity index (χ0) is 18.9. The molecule has 2 aromatic heterocycles. The van der Waals surface area contributed by atoms with E-state index in [0.29, 0.717) is 11.5 Å². The molecule has 1 aliphatic heterocycles. The van der Waals surface area contributed by atoms with Gasteiger partial charge in [-0.25, -0.2) is 9.37 Å². The van der Waals surface area contributed by atoms with E-state index in [4.69, 9.17) is 9.47 Å². The standard InChI is InChI=1S/C20H18FN3O3/c1-20(10-25)11-26-19(27-12-20)18-23-16(13-2-4-15(21)5-3-13)17(24-18)14-6-8-22-9-7-14/h2-10,19H,11-12H2,1H3,(H,23,24). The lowest BCUT2D eigenvalue weighted by molar-refractivity contribution is -0.226. The van der Waals surface area contributed by atoms with Crippen molar-refractivity contribution < 1.29 is 18.7 Å². The highest BCUT2D eigenvalue weighted by atomic mass is 19.1. The van der Waals surface area contributed by atoms with Crippen LogP contribution in [-0.4, -0.2) is 34.5 Å². The van der Waals surface area contributed by atoms with Gasteiger partial charge in [-0.3, -0.25) is 4.98 Å². The summed E-state index contributed by atoms with van der Waals surface area (Å²) in [4.78, 5) is 23.1. The fourth-order valence-electron chi connectivity index (χ4n) is 2.90. The first-order valence-corrected chi connectivity index (χ1v) is 8.54. The maximum absolute atomic E-state index is 13.3. The molecule has 1 aromatic carbocycles. The van der Waals surface area contributed by atoms with Gasteiger partial charge in [-0.05, 0) is 43.3 Å². The number of nitrogens with zero attached hydrogens (tertiary/aromatic N) is 2. The number of carbonyl (C=O) groups is 1. The molecule has 1 saturated heterocycles. The van der Waals surface area contributed by atoms with Crippen molar-refractivity contribution >= 4 is 6.29 Å². The minimum absolute atomic E-state index is 0.248. The SMILES string of the molecule is CC1(C=O)COC(c2nc(-c3ccc(F)cc3)c(-c3ccncc3)[nH]2)OC1. The highest BCUT2D eigenvalue weighted by molar-refractivity contribution is 5.78. The zero-order valence-electron chi connectivity index (χ0n) is 14.7. The summed E-state index contributed by atoms with van der Waals surface area (Å²) in [7, 11) is 0. The Bertz CT molecular complexity index is 933. The van der Waals surface area contributed by atoms with Crippen LogP contribution in [-0.2, 0) is 14.3 Å². The fraction of sp³-hybridized carbons (Fsp3) is 0.250. The molecule has 0 unspecified atom stereocenters. The summed E-state index contributed by atoms with van der Waals surface area (Å²) in [6.45, 7) is 2.28. The van der Waals surface area contributed by atoms with Crippen LogP contribution in [0, 0.1) is 11.2 Å². The Morgan fingerprint density at radius 1 is 1.11 bits per heavy atom. The number of halogens is 1. The van der Waals surface area contributed by atoms with E-state index in [2.05, 4.69) is 15.0 Å². The molecule has 0 atom stereocenters. The van der Waals surface area contributed by atoms with Gasteiger partial charge in [0, 0.05) is 23.5 Å². The van der Waals surface area contributed by atoms with Gasteiger partial charge in [0.25, 0.3) is 0 Å². The molecular weight excluding hydrogens is 349 g/mol. The minimum atomic E-state index is -0.701. The second kappa shape index (κ2) is 7.02. The van der Waals surface area contributed by atoms with E-state index in [1.165, 1.54) is 12.1 Å². The molecule has 7 heteroatoms. The predicted molar refractivity (Wildman–Crippen MR) is 96.0 cm³/mol. The highest BCUT2D eigenvalue weighted by Crippen LogP contribution is 2.35. The Kier molecular flexibility index (Phi) is 4.55. The number of aldehydes is 1. The van der Waals surface area contributed by atoms with E-state index >= 15 is 0 Å². The number of benzene rings is 1. The number of hydrogen-bond acceptors (Lipinski definition) is 5. The maximum Gasteiger partial charge on any atom is 0.217 e. The average molecular weight is 367 g/mol. The molecule has 4 rings (SSSR count). The molecule has 0 radical (unpaired) electrons. The molecule has 6 nitrogen and oxygen atoms in total. The van der Waals surface area contributed by atoms with Gasteiger partial charge in [-0.1, -0.05) is 0 Å². The molecule has 3 aromatic rings. The molecule has 0 spiro atoms. The van der Waals surface area contributed by atoms with Crippen molar-refractivity contribution in [1.82, 2.24) is 15.0 Å². The number of rotatable bonds is 4. The Labute approximate surface area is 155 Å². The Morgan fingerprint density at radius 3 is 2.41 bits per heavy atom. The average Bonchev–Trinajstić information content (AvgIpc) is 3.15. The van der Waals surface area contributed by atoms with Crippen LogP contribution in [0.4, 0.5) is 4.39 Å². The van der Waals surface area contributed by atoms with Crippen LogP contribution in [0.2, 0.25) is 0 Å². The zero-order valence-corrected chi connectivity index (χ0v) is 14.7. The van der Waals surface area contributed by atoms with Crippen molar-refractivity contribution in [3.63, 3.8) is 0 Å². The van der Waals surface area contributed by atoms with Crippen molar-refractivity contribution in [3.8, 4) is 22.5 Å². The van der Waals surface area contributed by atoms with Crippen LogP contribution in [0.5, 0.6) is 0 Å². The van der Waals surface area contributed by atoms with Gasteiger partial charge in [0.15, 0.2) is 5.82 Å². The summed E-state index contributed by atoms with van der Waals surface area (Å²) in [5.41, 5.74) is 2.41. The van der Waals surface area contributed by atoms with Gasteiger partial charge in [0.1, 0.15) is 12.1 Å². The number of carbonyl (C=O) groups excluding carboxylic acids is 1. The van der Waals surface area contributed by atoms with Crippen molar-refractivity contribution in [2.24, 2.45) is 5.41 Å². The normalized spacial score (nSPS) is 22.5. The van der Waals surface area contributed by atoms with Gasteiger partial charge >= 0.3 is 0 Å². The van der Waals surface area contributed by atoms with Crippen LogP contribution in [0.25, 0.3) is 22.5 Å². The number of pyridine rings is 1. The summed E-state index contributed by atoms with van der Waals surface area (Å²) in [5.74, 6) is 0.182. The number of aromatic nitrogens is 3. The largest absolute Gasteiger partial charge is 0.345 e. The summed E-state index contributed by atoms with van der Waals surface area (Å²) < 4.78 is 24.7. The number of ether oxygens (including phenoxy) is 2. The molecule has 1 fully saturated rings. The molecule has 138 valence electrons. The van der Waals surface area contributed by atoms with Crippen LogP contribution < -0.4 is 0 Å². The third-order valence-electron chi connectivity index (χ3n) is 4.45. The van der Waals surface area contributed by atoms with Crippen LogP contribution >= 0.6 is 0 Å².